The number of aromatic nitrogens is 3. The van der Waals surface area contributed by atoms with E-state index < -0.39 is 35.6 Å². The summed E-state index contributed by atoms with van der Waals surface area (Å²) in [6.45, 7) is 7.42. The second-order valence-corrected chi connectivity index (χ2v) is 12.1. The number of benzene rings is 2. The number of ketones is 1. The zero-order valence-corrected chi connectivity index (χ0v) is 25.8. The average molecular weight is 623 g/mol. The fourth-order valence-corrected chi connectivity index (χ4v) is 5.23. The summed E-state index contributed by atoms with van der Waals surface area (Å²) in [6, 6.07) is 9.30. The highest BCUT2D eigenvalue weighted by Crippen LogP contribution is 2.33. The molecule has 1 unspecified atom stereocenters. The number of hydrogen-bond acceptors (Lipinski definition) is 9. The van der Waals surface area contributed by atoms with E-state index in [1.165, 1.54) is 6.07 Å². The molecule has 2 aromatic carbocycles. The van der Waals surface area contributed by atoms with Gasteiger partial charge in [0.05, 0.1) is 47.7 Å². The minimum Gasteiger partial charge on any atom is -0.444 e. The van der Waals surface area contributed by atoms with Crippen LogP contribution in [0, 0.1) is 5.82 Å². The number of amides is 2. The molecule has 0 saturated carbocycles. The second-order valence-electron chi connectivity index (χ2n) is 12.1. The van der Waals surface area contributed by atoms with Gasteiger partial charge in [-0.15, -0.1) is 5.10 Å². The van der Waals surface area contributed by atoms with Crippen LogP contribution in [0.1, 0.15) is 75.3 Å². The fourth-order valence-electron chi connectivity index (χ4n) is 5.23. The van der Waals surface area contributed by atoms with Crippen LogP contribution in [0.25, 0.3) is 5.69 Å². The first kappa shape index (κ1) is 32.0. The van der Waals surface area contributed by atoms with Crippen LogP contribution < -0.4 is 15.5 Å². The quantitative estimate of drug-likeness (QED) is 0.218. The number of Topliss-reactive ketones (excluding diaryl/α,β-unsaturated/α-hetero) is 1. The lowest BCUT2D eigenvalue weighted by Gasteiger charge is -2.23. The van der Waals surface area contributed by atoms with Crippen molar-refractivity contribution in [2.45, 2.75) is 77.8 Å². The molecular weight excluding hydrogens is 583 g/mol. The third-order valence-corrected chi connectivity index (χ3v) is 7.35. The maximum Gasteiger partial charge on any atom is 0.412 e. The first-order valence-corrected chi connectivity index (χ1v) is 15.2. The Morgan fingerprint density at radius 3 is 2.56 bits per heavy atom. The van der Waals surface area contributed by atoms with E-state index in [0.29, 0.717) is 36.8 Å². The summed E-state index contributed by atoms with van der Waals surface area (Å²) in [6.07, 6.45) is 4.77. The second kappa shape index (κ2) is 14.2. The van der Waals surface area contributed by atoms with Gasteiger partial charge in [-0.2, -0.15) is 0 Å². The Morgan fingerprint density at radius 2 is 1.82 bits per heavy atom. The lowest BCUT2D eigenvalue weighted by molar-refractivity contribution is -0.169. The Balaban J connectivity index is 1.28. The van der Waals surface area contributed by atoms with E-state index in [2.05, 4.69) is 20.9 Å². The minimum absolute atomic E-state index is 0.0158. The van der Waals surface area contributed by atoms with Crippen molar-refractivity contribution in [3.63, 3.8) is 0 Å². The first-order chi connectivity index (χ1) is 21.6. The standard InChI is InChI=1S/C32H39FN6O6/c1-32(2,3)45-31(42)36-26-17-27(38-12-5-6-13-38)24(33)16-25(26)35-29(41)18-28(40)21-9-8-10-22(15-21)39-23(19-34-37-39)20-44-30-11-4-7-14-43-30/h8-10,15-17,19,30H,4-7,11-14,18,20H2,1-3H3,(H,35,41)(H,36,42). The topological polar surface area (TPSA) is 137 Å². The van der Waals surface area contributed by atoms with E-state index in [4.69, 9.17) is 14.2 Å². The maximum atomic E-state index is 15.2. The van der Waals surface area contributed by atoms with Gasteiger partial charge in [0.1, 0.15) is 11.4 Å². The van der Waals surface area contributed by atoms with Crippen molar-refractivity contribution in [2.24, 2.45) is 0 Å². The Morgan fingerprint density at radius 1 is 1.04 bits per heavy atom. The third kappa shape index (κ3) is 8.64. The van der Waals surface area contributed by atoms with Gasteiger partial charge >= 0.3 is 6.09 Å². The molecule has 45 heavy (non-hydrogen) atoms. The molecule has 3 aromatic rings. The number of halogens is 1. The van der Waals surface area contributed by atoms with Crippen molar-refractivity contribution in [2.75, 3.05) is 35.2 Å². The number of nitrogens with zero attached hydrogens (tertiary/aromatic N) is 4. The van der Waals surface area contributed by atoms with Crippen LogP contribution in [0.15, 0.2) is 42.6 Å². The van der Waals surface area contributed by atoms with Crippen LogP contribution in [0.3, 0.4) is 0 Å². The van der Waals surface area contributed by atoms with Crippen LogP contribution >= 0.6 is 0 Å². The molecule has 1 aromatic heterocycles. The van der Waals surface area contributed by atoms with E-state index in [9.17, 15) is 14.4 Å². The summed E-state index contributed by atoms with van der Waals surface area (Å²) >= 11 is 0. The molecule has 12 nitrogen and oxygen atoms in total. The summed E-state index contributed by atoms with van der Waals surface area (Å²) in [5.74, 6) is -1.68. The Kier molecular flexibility index (Phi) is 10.1. The van der Waals surface area contributed by atoms with Gasteiger partial charge in [-0.3, -0.25) is 14.9 Å². The Labute approximate surface area is 261 Å². The maximum absolute atomic E-state index is 15.2. The van der Waals surface area contributed by atoms with Gasteiger partial charge in [0.25, 0.3) is 0 Å². The highest BCUT2D eigenvalue weighted by molar-refractivity contribution is 6.12. The van der Waals surface area contributed by atoms with Crippen LogP contribution in [0.4, 0.5) is 26.2 Å². The summed E-state index contributed by atoms with van der Waals surface area (Å²) in [5.41, 5.74) is 1.26. The third-order valence-electron chi connectivity index (χ3n) is 7.35. The van der Waals surface area contributed by atoms with Crippen molar-refractivity contribution < 1.29 is 33.0 Å². The SMILES string of the molecule is CC(C)(C)OC(=O)Nc1cc(N2CCCC2)c(F)cc1NC(=O)CC(=O)c1cccc(-n2nncc2COC2CCCCO2)c1. The molecular formula is C32H39FN6O6. The average Bonchev–Trinajstić information content (AvgIpc) is 3.70. The van der Waals surface area contributed by atoms with E-state index in [1.54, 1.807) is 55.9 Å². The van der Waals surface area contributed by atoms with Crippen LogP contribution in [-0.2, 0) is 25.6 Å². The molecule has 0 radical (unpaired) electrons. The van der Waals surface area contributed by atoms with Gasteiger partial charge < -0.3 is 24.4 Å². The van der Waals surface area contributed by atoms with Gasteiger partial charge in [-0.1, -0.05) is 17.3 Å². The molecule has 2 saturated heterocycles. The van der Waals surface area contributed by atoms with Crippen molar-refractivity contribution >= 4 is 34.8 Å². The van der Waals surface area contributed by atoms with Crippen LogP contribution in [0.2, 0.25) is 0 Å². The summed E-state index contributed by atoms with van der Waals surface area (Å²) < 4.78 is 33.6. The smallest absolute Gasteiger partial charge is 0.412 e. The molecule has 2 amide bonds. The fraction of sp³-hybridized carbons (Fsp3) is 0.469. The molecule has 0 bridgehead atoms. The summed E-state index contributed by atoms with van der Waals surface area (Å²) in [7, 11) is 0. The lowest BCUT2D eigenvalue weighted by atomic mass is 10.1. The molecule has 240 valence electrons. The normalized spacial score (nSPS) is 16.8. The number of ether oxygens (including phenoxy) is 3. The van der Waals surface area contributed by atoms with E-state index >= 15 is 4.39 Å². The highest BCUT2D eigenvalue weighted by atomic mass is 19.1. The van der Waals surface area contributed by atoms with Gasteiger partial charge in [-0.25, -0.2) is 13.9 Å². The predicted octanol–water partition coefficient (Wildman–Crippen LogP) is 5.61. The molecule has 3 heterocycles. The molecule has 2 N–H and O–H groups in total. The van der Waals surface area contributed by atoms with E-state index in [0.717, 1.165) is 38.2 Å². The van der Waals surface area contributed by atoms with Crippen molar-refractivity contribution in [1.29, 1.82) is 0 Å². The van der Waals surface area contributed by atoms with Gasteiger partial charge in [0.2, 0.25) is 5.91 Å². The number of carbonyl (C=O) groups is 3. The number of nitrogens with one attached hydrogen (secondary N) is 2. The van der Waals surface area contributed by atoms with Crippen LogP contribution in [-0.4, -0.2) is 64.4 Å². The van der Waals surface area contributed by atoms with Gasteiger partial charge in [-0.05, 0) is 71.1 Å². The van der Waals surface area contributed by atoms with E-state index in [-0.39, 0.29) is 29.8 Å². The van der Waals surface area contributed by atoms with Crippen molar-refractivity contribution in [1.82, 2.24) is 15.0 Å². The number of hydrogen-bond donors (Lipinski definition) is 2. The van der Waals surface area contributed by atoms with E-state index in [1.807, 2.05) is 4.90 Å². The molecule has 5 rings (SSSR count). The lowest BCUT2D eigenvalue weighted by Crippen LogP contribution is -2.28. The molecule has 0 spiro atoms. The minimum atomic E-state index is -0.768. The van der Waals surface area contributed by atoms with Gasteiger partial charge in [0, 0.05) is 31.3 Å². The zero-order chi connectivity index (χ0) is 32.0. The predicted molar refractivity (Wildman–Crippen MR) is 165 cm³/mol. The summed E-state index contributed by atoms with van der Waals surface area (Å²) in [4.78, 5) is 40.7. The largest absolute Gasteiger partial charge is 0.444 e. The molecule has 0 aliphatic carbocycles. The zero-order valence-electron chi connectivity index (χ0n) is 25.8. The Hall–Kier alpha value is -4.36. The summed E-state index contributed by atoms with van der Waals surface area (Å²) in [5, 5.41) is 13.3. The number of rotatable bonds is 10. The molecule has 1 atom stereocenters. The highest BCUT2D eigenvalue weighted by Gasteiger charge is 2.24. The number of anilines is 3. The molecule has 2 aliphatic rings. The molecule has 2 fully saturated rings. The monoisotopic (exact) mass is 622 g/mol. The van der Waals surface area contributed by atoms with Gasteiger partial charge in [0.15, 0.2) is 12.1 Å². The van der Waals surface area contributed by atoms with Crippen molar-refractivity contribution in [3.05, 3.63) is 59.7 Å². The van der Waals surface area contributed by atoms with Crippen molar-refractivity contribution in [3.8, 4) is 5.69 Å². The molecule has 13 heteroatoms. The molecule has 2 aliphatic heterocycles. The number of carbonyl (C=O) groups excluding carboxylic acids is 3. The Bertz CT molecular complexity index is 1520. The first-order valence-electron chi connectivity index (χ1n) is 15.2. The van der Waals surface area contributed by atoms with Crippen LogP contribution in [0.5, 0.6) is 0 Å².